The second kappa shape index (κ2) is 8.95. The summed E-state index contributed by atoms with van der Waals surface area (Å²) in [6.45, 7) is 0.714. The van der Waals surface area contributed by atoms with E-state index in [9.17, 15) is 14.4 Å². The molecular weight excluding hydrogens is 398 g/mol. The number of rotatable bonds is 5. The Morgan fingerprint density at radius 2 is 1.81 bits per heavy atom. The Balaban J connectivity index is 1.35. The van der Waals surface area contributed by atoms with Crippen molar-refractivity contribution in [2.75, 3.05) is 25.5 Å². The van der Waals surface area contributed by atoms with Gasteiger partial charge in [0.05, 0.1) is 18.2 Å². The molecule has 1 aliphatic heterocycles. The maximum absolute atomic E-state index is 12.7. The van der Waals surface area contributed by atoms with Crippen LogP contribution in [-0.2, 0) is 16.1 Å². The van der Waals surface area contributed by atoms with E-state index in [1.165, 1.54) is 0 Å². The zero-order chi connectivity index (χ0) is 21.8. The first-order chi connectivity index (χ1) is 15.1. The Labute approximate surface area is 178 Å². The summed E-state index contributed by atoms with van der Waals surface area (Å²) >= 11 is 0. The number of hydrogen-bond acceptors (Lipinski definition) is 6. The van der Waals surface area contributed by atoms with E-state index in [1.54, 1.807) is 48.4 Å². The number of carbonyl (C=O) groups is 2. The minimum Gasteiger partial charge on any atom is -0.495 e. The van der Waals surface area contributed by atoms with E-state index < -0.39 is 0 Å². The van der Waals surface area contributed by atoms with Crippen LogP contribution in [-0.4, -0.2) is 51.9 Å². The van der Waals surface area contributed by atoms with Crippen LogP contribution in [0.5, 0.6) is 5.75 Å². The lowest BCUT2D eigenvalue weighted by molar-refractivity contribution is -0.135. The van der Waals surface area contributed by atoms with E-state index in [2.05, 4.69) is 15.6 Å². The highest BCUT2D eigenvalue weighted by molar-refractivity contribution is 5.94. The Morgan fingerprint density at radius 3 is 2.58 bits per heavy atom. The van der Waals surface area contributed by atoms with Crippen LogP contribution in [0.25, 0.3) is 10.9 Å². The summed E-state index contributed by atoms with van der Waals surface area (Å²) in [5.41, 5.74) is 0.783. The molecule has 0 radical (unpaired) electrons. The van der Waals surface area contributed by atoms with Gasteiger partial charge in [-0.05, 0) is 37.1 Å². The van der Waals surface area contributed by atoms with E-state index in [0.717, 1.165) is 4.68 Å². The molecule has 1 N–H and O–H groups in total. The highest BCUT2D eigenvalue weighted by Gasteiger charge is 2.28. The summed E-state index contributed by atoms with van der Waals surface area (Å²) in [5, 5.41) is 11.2. The Kier molecular flexibility index (Phi) is 5.92. The fourth-order valence-electron chi connectivity index (χ4n) is 3.73. The largest absolute Gasteiger partial charge is 0.495 e. The van der Waals surface area contributed by atoms with Gasteiger partial charge in [-0.3, -0.25) is 14.4 Å². The third kappa shape index (κ3) is 4.40. The fraction of sp³-hybridized carbons (Fsp3) is 0.318. The number of carbonyl (C=O) groups excluding carboxylic acids is 2. The lowest BCUT2D eigenvalue weighted by Gasteiger charge is -2.31. The van der Waals surface area contributed by atoms with Gasteiger partial charge in [0.25, 0.3) is 5.56 Å². The number of methoxy groups -OCH3 is 1. The third-order valence-corrected chi connectivity index (χ3v) is 5.50. The summed E-state index contributed by atoms with van der Waals surface area (Å²) in [5.74, 6) is 0.103. The highest BCUT2D eigenvalue weighted by atomic mass is 16.5. The Hall–Kier alpha value is -3.75. The number of anilines is 1. The van der Waals surface area contributed by atoms with E-state index in [0.29, 0.717) is 48.3 Å². The van der Waals surface area contributed by atoms with Crippen molar-refractivity contribution in [1.82, 2.24) is 19.9 Å². The molecule has 2 aromatic carbocycles. The number of fused-ring (bicyclic) bond motifs is 1. The average molecular weight is 421 g/mol. The Bertz CT molecular complexity index is 1170. The van der Waals surface area contributed by atoms with Crippen LogP contribution in [0.15, 0.2) is 53.3 Å². The second-order valence-corrected chi connectivity index (χ2v) is 7.41. The number of benzene rings is 2. The van der Waals surface area contributed by atoms with Crippen LogP contribution in [0, 0.1) is 5.92 Å². The molecule has 1 aliphatic rings. The van der Waals surface area contributed by atoms with Gasteiger partial charge in [-0.15, -0.1) is 5.10 Å². The zero-order valence-corrected chi connectivity index (χ0v) is 17.2. The number of nitrogens with one attached hydrogen (secondary N) is 1. The minimum atomic E-state index is -0.343. The summed E-state index contributed by atoms with van der Waals surface area (Å²) in [6, 6.07) is 14.1. The van der Waals surface area contributed by atoms with Crippen LogP contribution in [0.3, 0.4) is 0 Å². The normalized spacial score (nSPS) is 14.4. The third-order valence-electron chi connectivity index (χ3n) is 5.50. The van der Waals surface area contributed by atoms with Crippen molar-refractivity contribution in [3.63, 3.8) is 0 Å². The first-order valence-corrected chi connectivity index (χ1v) is 10.1. The molecular formula is C22H23N5O4. The van der Waals surface area contributed by atoms with Crippen molar-refractivity contribution in [1.29, 1.82) is 0 Å². The van der Waals surface area contributed by atoms with Gasteiger partial charge in [-0.1, -0.05) is 29.5 Å². The molecule has 3 aromatic rings. The van der Waals surface area contributed by atoms with E-state index >= 15 is 0 Å². The predicted octanol–water partition coefficient (Wildman–Crippen LogP) is 1.68. The van der Waals surface area contributed by atoms with Crippen LogP contribution in [0.2, 0.25) is 0 Å². The fourth-order valence-corrected chi connectivity index (χ4v) is 3.73. The van der Waals surface area contributed by atoms with Gasteiger partial charge in [0.1, 0.15) is 17.8 Å². The minimum absolute atomic E-state index is 0.0896. The van der Waals surface area contributed by atoms with Crippen molar-refractivity contribution in [2.45, 2.75) is 19.4 Å². The van der Waals surface area contributed by atoms with Gasteiger partial charge >= 0.3 is 0 Å². The summed E-state index contributed by atoms with van der Waals surface area (Å²) in [4.78, 5) is 39.5. The predicted molar refractivity (Wildman–Crippen MR) is 115 cm³/mol. The SMILES string of the molecule is COc1ccccc1NC(=O)C1CCN(C(=O)Cn2nnc3ccccc3c2=O)CC1. The molecule has 0 unspecified atom stereocenters. The molecule has 160 valence electrons. The molecule has 0 aliphatic carbocycles. The number of aromatic nitrogens is 3. The van der Waals surface area contributed by atoms with Gasteiger partial charge in [0, 0.05) is 19.0 Å². The van der Waals surface area contributed by atoms with Crippen LogP contribution in [0.4, 0.5) is 5.69 Å². The van der Waals surface area contributed by atoms with Crippen molar-refractivity contribution in [2.24, 2.45) is 5.92 Å². The molecule has 0 bridgehead atoms. The van der Waals surface area contributed by atoms with Gasteiger partial charge in [0.2, 0.25) is 11.8 Å². The number of amides is 2. The molecule has 4 rings (SSSR count). The monoisotopic (exact) mass is 421 g/mol. The Morgan fingerprint density at radius 1 is 1.10 bits per heavy atom. The average Bonchev–Trinajstić information content (AvgIpc) is 2.81. The topological polar surface area (TPSA) is 106 Å². The van der Waals surface area contributed by atoms with Crippen molar-refractivity contribution >= 4 is 28.4 Å². The standard InChI is InChI=1S/C22H23N5O4/c1-31-19-9-5-4-8-18(19)23-21(29)15-10-12-26(13-11-15)20(28)14-27-22(30)16-6-2-3-7-17(16)24-25-27/h2-9,15H,10-14H2,1H3,(H,23,29). The number of ether oxygens (including phenoxy) is 1. The molecule has 0 atom stereocenters. The number of nitrogens with zero attached hydrogens (tertiary/aromatic N) is 4. The van der Waals surface area contributed by atoms with E-state index in [-0.39, 0.29) is 29.8 Å². The number of likely N-dealkylation sites (tertiary alicyclic amines) is 1. The van der Waals surface area contributed by atoms with E-state index in [4.69, 9.17) is 4.74 Å². The maximum Gasteiger partial charge on any atom is 0.278 e. The molecule has 2 heterocycles. The zero-order valence-electron chi connectivity index (χ0n) is 17.2. The van der Waals surface area contributed by atoms with E-state index in [1.807, 2.05) is 12.1 Å². The molecule has 0 spiro atoms. The summed E-state index contributed by atoms with van der Waals surface area (Å²) in [7, 11) is 1.56. The molecule has 9 heteroatoms. The summed E-state index contributed by atoms with van der Waals surface area (Å²) < 4.78 is 6.36. The molecule has 9 nitrogen and oxygen atoms in total. The molecule has 0 saturated carbocycles. The molecule has 1 fully saturated rings. The van der Waals surface area contributed by atoms with Gasteiger partial charge in [-0.25, -0.2) is 4.68 Å². The second-order valence-electron chi connectivity index (χ2n) is 7.41. The number of hydrogen-bond donors (Lipinski definition) is 1. The lowest BCUT2D eigenvalue weighted by Crippen LogP contribution is -2.44. The first-order valence-electron chi connectivity index (χ1n) is 10.1. The first kappa shape index (κ1) is 20.5. The number of piperidine rings is 1. The van der Waals surface area contributed by atoms with Crippen molar-refractivity contribution < 1.29 is 14.3 Å². The van der Waals surface area contributed by atoms with Crippen LogP contribution >= 0.6 is 0 Å². The number of para-hydroxylation sites is 2. The molecule has 1 aromatic heterocycles. The molecule has 1 saturated heterocycles. The highest BCUT2D eigenvalue weighted by Crippen LogP contribution is 2.25. The van der Waals surface area contributed by atoms with Crippen LogP contribution in [0.1, 0.15) is 12.8 Å². The van der Waals surface area contributed by atoms with Gasteiger partial charge in [-0.2, -0.15) is 0 Å². The summed E-state index contributed by atoms with van der Waals surface area (Å²) in [6.07, 6.45) is 1.09. The van der Waals surface area contributed by atoms with Crippen molar-refractivity contribution in [3.05, 3.63) is 58.9 Å². The molecule has 2 amide bonds. The maximum atomic E-state index is 12.7. The quantitative estimate of drug-likeness (QED) is 0.672. The van der Waals surface area contributed by atoms with Crippen LogP contribution < -0.4 is 15.6 Å². The van der Waals surface area contributed by atoms with Gasteiger partial charge in [0.15, 0.2) is 0 Å². The van der Waals surface area contributed by atoms with Gasteiger partial charge < -0.3 is 15.0 Å². The lowest BCUT2D eigenvalue weighted by atomic mass is 9.95. The van der Waals surface area contributed by atoms with Crippen molar-refractivity contribution in [3.8, 4) is 5.75 Å². The molecule has 31 heavy (non-hydrogen) atoms. The smallest absolute Gasteiger partial charge is 0.278 e.